The number of carbonyl (C=O) groups is 2. The van der Waals surface area contributed by atoms with Gasteiger partial charge in [0.1, 0.15) is 11.9 Å². The molecule has 0 radical (unpaired) electrons. The Morgan fingerprint density at radius 1 is 1.25 bits per heavy atom. The summed E-state index contributed by atoms with van der Waals surface area (Å²) in [6.45, 7) is 3.58. The van der Waals surface area contributed by atoms with Gasteiger partial charge in [-0.2, -0.15) is 0 Å². The second-order valence-electron chi connectivity index (χ2n) is 7.23. The van der Waals surface area contributed by atoms with Gasteiger partial charge in [-0.1, -0.05) is 12.1 Å². The topological polar surface area (TPSA) is 70.5 Å². The number of likely N-dealkylation sites (tertiary alicyclic amines) is 1. The predicted octanol–water partition coefficient (Wildman–Crippen LogP) is 1.75. The Hall–Kier alpha value is -2.38. The highest BCUT2D eigenvalue weighted by Crippen LogP contribution is 2.23. The normalized spacial score (nSPS) is 19.6. The van der Waals surface area contributed by atoms with Crippen molar-refractivity contribution in [3.05, 3.63) is 53.6 Å². The fourth-order valence-corrected chi connectivity index (χ4v) is 3.89. The lowest BCUT2D eigenvalue weighted by molar-refractivity contribution is -0.128. The number of amides is 2. The molecule has 1 aromatic heterocycles. The van der Waals surface area contributed by atoms with Gasteiger partial charge in [0.15, 0.2) is 0 Å². The van der Waals surface area contributed by atoms with Crippen LogP contribution in [0.15, 0.2) is 36.7 Å². The molecule has 1 aromatic carbocycles. The Kier molecular flexibility index (Phi) is 6.36. The van der Waals surface area contributed by atoms with Crippen LogP contribution >= 0.6 is 12.4 Å². The zero-order chi connectivity index (χ0) is 18.8. The fourth-order valence-electron chi connectivity index (χ4n) is 3.89. The second kappa shape index (κ2) is 8.75. The van der Waals surface area contributed by atoms with E-state index in [1.807, 2.05) is 51.9 Å². The molecule has 2 aliphatic heterocycles. The number of piperazine rings is 1. The van der Waals surface area contributed by atoms with E-state index in [-0.39, 0.29) is 30.3 Å². The van der Waals surface area contributed by atoms with Crippen molar-refractivity contribution in [1.29, 1.82) is 0 Å². The van der Waals surface area contributed by atoms with Gasteiger partial charge in [-0.3, -0.25) is 9.59 Å². The predicted molar refractivity (Wildman–Crippen MR) is 108 cm³/mol. The number of nitrogens with zero attached hydrogens (tertiary/aromatic N) is 4. The Morgan fingerprint density at radius 2 is 2.04 bits per heavy atom. The number of hydrogen-bond donors (Lipinski definition) is 1. The van der Waals surface area contributed by atoms with Crippen LogP contribution in [-0.4, -0.2) is 57.3 Å². The van der Waals surface area contributed by atoms with Crippen LogP contribution in [0.2, 0.25) is 0 Å². The first-order chi connectivity index (χ1) is 13.1. The number of aryl methyl sites for hydroxylation is 1. The maximum absolute atomic E-state index is 13.1. The van der Waals surface area contributed by atoms with Crippen molar-refractivity contribution in [2.75, 3.05) is 26.2 Å². The monoisotopic (exact) mass is 403 g/mol. The molecule has 0 bridgehead atoms. The quantitative estimate of drug-likeness (QED) is 0.844. The van der Waals surface area contributed by atoms with E-state index in [1.165, 1.54) is 0 Å². The molecule has 2 fully saturated rings. The molecule has 4 rings (SSSR count). The van der Waals surface area contributed by atoms with Crippen LogP contribution in [0, 0.1) is 0 Å². The van der Waals surface area contributed by atoms with Crippen molar-refractivity contribution in [2.24, 2.45) is 7.05 Å². The van der Waals surface area contributed by atoms with Crippen LogP contribution in [0.5, 0.6) is 0 Å². The molecule has 150 valence electrons. The second-order valence-corrected chi connectivity index (χ2v) is 7.23. The molecule has 28 heavy (non-hydrogen) atoms. The van der Waals surface area contributed by atoms with Gasteiger partial charge in [0.25, 0.3) is 5.91 Å². The summed E-state index contributed by atoms with van der Waals surface area (Å²) in [6, 6.07) is 7.58. The largest absolute Gasteiger partial charge is 0.338 e. The Bertz CT molecular complexity index is 835. The van der Waals surface area contributed by atoms with Crippen molar-refractivity contribution in [2.45, 2.75) is 25.4 Å². The van der Waals surface area contributed by atoms with E-state index in [2.05, 4.69) is 10.3 Å². The molecule has 7 nitrogen and oxygen atoms in total. The van der Waals surface area contributed by atoms with Crippen molar-refractivity contribution in [3.8, 4) is 0 Å². The van der Waals surface area contributed by atoms with Crippen LogP contribution < -0.4 is 5.32 Å². The highest BCUT2D eigenvalue weighted by Gasteiger charge is 2.31. The van der Waals surface area contributed by atoms with E-state index >= 15 is 0 Å². The Labute approximate surface area is 171 Å². The fraction of sp³-hybridized carbons (Fsp3) is 0.450. The number of carbonyl (C=O) groups excluding carboxylic acids is 2. The average molecular weight is 404 g/mol. The number of nitrogens with one attached hydrogen (secondary N) is 1. The van der Waals surface area contributed by atoms with E-state index in [0.717, 1.165) is 30.9 Å². The van der Waals surface area contributed by atoms with Gasteiger partial charge < -0.3 is 19.7 Å². The number of hydrogen-bond acceptors (Lipinski definition) is 4. The molecule has 1 N–H and O–H groups in total. The third-order valence-corrected chi connectivity index (χ3v) is 5.41. The van der Waals surface area contributed by atoms with Gasteiger partial charge in [-0.25, -0.2) is 4.98 Å². The Balaban J connectivity index is 0.00000225. The molecular weight excluding hydrogens is 378 g/mol. The molecule has 2 aliphatic rings. The van der Waals surface area contributed by atoms with E-state index in [4.69, 9.17) is 0 Å². The van der Waals surface area contributed by atoms with Gasteiger partial charge >= 0.3 is 0 Å². The SMILES string of the molecule is Cl.Cn1ccnc1C1CNCCN1C(=O)c1ccc(CN2CCCC2=O)cc1. The first-order valence-corrected chi connectivity index (χ1v) is 9.49. The van der Waals surface area contributed by atoms with Crippen LogP contribution in [0.3, 0.4) is 0 Å². The van der Waals surface area contributed by atoms with Crippen molar-refractivity contribution >= 4 is 24.2 Å². The van der Waals surface area contributed by atoms with Gasteiger partial charge in [-0.05, 0) is 24.1 Å². The summed E-state index contributed by atoms with van der Waals surface area (Å²) in [7, 11) is 1.95. The van der Waals surface area contributed by atoms with Gasteiger partial charge in [0.2, 0.25) is 5.91 Å². The number of imidazole rings is 1. The molecule has 3 heterocycles. The highest BCUT2D eigenvalue weighted by atomic mass is 35.5. The zero-order valence-electron chi connectivity index (χ0n) is 16.0. The van der Waals surface area contributed by atoms with E-state index in [9.17, 15) is 9.59 Å². The molecule has 8 heteroatoms. The maximum atomic E-state index is 13.1. The first-order valence-electron chi connectivity index (χ1n) is 9.49. The van der Waals surface area contributed by atoms with Crippen molar-refractivity contribution in [1.82, 2.24) is 24.7 Å². The van der Waals surface area contributed by atoms with E-state index in [0.29, 0.717) is 31.6 Å². The minimum absolute atomic E-state index is 0. The standard InChI is InChI=1S/C20H25N5O2.ClH/c1-23-11-9-22-19(23)17-13-21-8-12-25(17)20(27)16-6-4-15(5-7-16)14-24-10-2-3-18(24)26;/h4-7,9,11,17,21H,2-3,8,10,12-14H2,1H3;1H. The summed E-state index contributed by atoms with van der Waals surface area (Å²) >= 11 is 0. The minimum Gasteiger partial charge on any atom is -0.338 e. The maximum Gasteiger partial charge on any atom is 0.254 e. The lowest BCUT2D eigenvalue weighted by Gasteiger charge is -2.35. The molecule has 0 spiro atoms. The zero-order valence-corrected chi connectivity index (χ0v) is 16.8. The summed E-state index contributed by atoms with van der Waals surface area (Å²) in [6.07, 6.45) is 5.25. The molecule has 1 unspecified atom stereocenters. The van der Waals surface area contributed by atoms with Gasteiger partial charge in [-0.15, -0.1) is 12.4 Å². The third-order valence-electron chi connectivity index (χ3n) is 5.41. The average Bonchev–Trinajstić information content (AvgIpc) is 3.30. The van der Waals surface area contributed by atoms with Crippen molar-refractivity contribution < 1.29 is 9.59 Å². The molecule has 2 aromatic rings. The van der Waals surface area contributed by atoms with Gasteiger partial charge in [0, 0.05) is 64.1 Å². The molecule has 2 amide bonds. The van der Waals surface area contributed by atoms with Gasteiger partial charge in [0.05, 0.1) is 0 Å². The van der Waals surface area contributed by atoms with Crippen LogP contribution in [-0.2, 0) is 18.4 Å². The number of halogens is 1. The summed E-state index contributed by atoms with van der Waals surface area (Å²) < 4.78 is 1.97. The molecule has 0 saturated carbocycles. The number of benzene rings is 1. The smallest absolute Gasteiger partial charge is 0.254 e. The molecule has 2 saturated heterocycles. The van der Waals surface area contributed by atoms with Crippen LogP contribution in [0.25, 0.3) is 0 Å². The van der Waals surface area contributed by atoms with E-state index < -0.39 is 0 Å². The molecular formula is C20H26ClN5O2. The summed E-state index contributed by atoms with van der Waals surface area (Å²) in [5.74, 6) is 1.13. The van der Waals surface area contributed by atoms with Crippen molar-refractivity contribution in [3.63, 3.8) is 0 Å². The van der Waals surface area contributed by atoms with Crippen LogP contribution in [0.1, 0.15) is 40.6 Å². The molecule has 1 atom stereocenters. The summed E-state index contributed by atoms with van der Waals surface area (Å²) in [4.78, 5) is 33.1. The number of aromatic nitrogens is 2. The number of rotatable bonds is 4. The van der Waals surface area contributed by atoms with Crippen LogP contribution in [0.4, 0.5) is 0 Å². The highest BCUT2D eigenvalue weighted by molar-refractivity contribution is 5.94. The third kappa shape index (κ3) is 4.05. The minimum atomic E-state index is -0.0758. The lowest BCUT2D eigenvalue weighted by atomic mass is 10.1. The lowest BCUT2D eigenvalue weighted by Crippen LogP contribution is -2.49. The molecule has 0 aliphatic carbocycles. The Morgan fingerprint density at radius 3 is 2.68 bits per heavy atom. The van der Waals surface area contributed by atoms with E-state index in [1.54, 1.807) is 6.20 Å². The first kappa shape index (κ1) is 20.4. The summed E-state index contributed by atoms with van der Waals surface area (Å²) in [5.41, 5.74) is 1.73. The summed E-state index contributed by atoms with van der Waals surface area (Å²) in [5, 5.41) is 3.36.